The van der Waals surface area contributed by atoms with Crippen LogP contribution in [0.3, 0.4) is 0 Å². The number of hydrogen-bond donors (Lipinski definition) is 2. The van der Waals surface area contributed by atoms with Crippen LogP contribution in [-0.2, 0) is 17.8 Å². The lowest BCUT2D eigenvalue weighted by Gasteiger charge is -2.10. The molecule has 2 aromatic carbocycles. The van der Waals surface area contributed by atoms with Gasteiger partial charge in [-0.25, -0.2) is 13.3 Å². The molecule has 124 valence electrons. The predicted octanol–water partition coefficient (Wildman–Crippen LogP) is 3.28. The van der Waals surface area contributed by atoms with Gasteiger partial charge in [-0.05, 0) is 23.3 Å². The predicted molar refractivity (Wildman–Crippen MR) is 91.3 cm³/mol. The number of pyridine rings is 1. The maximum Gasteiger partial charge on any atom is 0.232 e. The van der Waals surface area contributed by atoms with Gasteiger partial charge in [0.25, 0.3) is 0 Å². The van der Waals surface area contributed by atoms with Gasteiger partial charge in [0.2, 0.25) is 11.3 Å². The van der Waals surface area contributed by atoms with Crippen LogP contribution in [0.2, 0.25) is 0 Å². The van der Waals surface area contributed by atoms with Crippen molar-refractivity contribution < 1.29 is 17.9 Å². The van der Waals surface area contributed by atoms with E-state index in [9.17, 15) is 8.60 Å². The van der Waals surface area contributed by atoms with Crippen LogP contribution in [-0.4, -0.2) is 20.9 Å². The van der Waals surface area contributed by atoms with E-state index in [-0.39, 0.29) is 6.54 Å². The molecule has 2 N–H and O–H groups in total. The summed E-state index contributed by atoms with van der Waals surface area (Å²) in [5.74, 6) is 0.251. The van der Waals surface area contributed by atoms with E-state index < -0.39 is 17.1 Å². The van der Waals surface area contributed by atoms with Gasteiger partial charge in [0, 0.05) is 23.6 Å². The van der Waals surface area contributed by atoms with Crippen molar-refractivity contribution in [1.82, 2.24) is 9.71 Å². The summed E-state index contributed by atoms with van der Waals surface area (Å²) in [5, 5.41) is 0.693. The Labute approximate surface area is 140 Å². The van der Waals surface area contributed by atoms with Crippen molar-refractivity contribution in [1.29, 1.82) is 0 Å². The average molecular weight is 346 g/mol. The number of nitrogens with zero attached hydrogens (tertiary/aromatic N) is 1. The van der Waals surface area contributed by atoms with Crippen LogP contribution in [0.15, 0.2) is 48.7 Å². The third kappa shape index (κ3) is 3.43. The summed E-state index contributed by atoms with van der Waals surface area (Å²) in [7, 11) is 1.57. The highest BCUT2D eigenvalue weighted by Gasteiger charge is 2.12. The second-order valence-electron chi connectivity index (χ2n) is 5.13. The van der Waals surface area contributed by atoms with Gasteiger partial charge in [-0.1, -0.05) is 24.3 Å². The second kappa shape index (κ2) is 7.04. The zero-order chi connectivity index (χ0) is 17.1. The smallest absolute Gasteiger partial charge is 0.232 e. The number of hydrogen-bond acceptors (Lipinski definition) is 3. The Morgan fingerprint density at radius 1 is 1.25 bits per heavy atom. The van der Waals surface area contributed by atoms with Gasteiger partial charge in [-0.2, -0.15) is 0 Å². The Morgan fingerprint density at radius 2 is 2.00 bits per heavy atom. The second-order valence-corrected chi connectivity index (χ2v) is 5.92. The maximum absolute atomic E-state index is 14.4. The molecule has 1 atom stereocenters. The number of halogens is 1. The quantitative estimate of drug-likeness (QED) is 0.696. The summed E-state index contributed by atoms with van der Waals surface area (Å²) < 4.78 is 41.3. The molecular formula is C17H15FN2O3S. The van der Waals surface area contributed by atoms with Gasteiger partial charge < -0.3 is 4.74 Å². The third-order valence-corrected chi connectivity index (χ3v) is 4.06. The van der Waals surface area contributed by atoms with Gasteiger partial charge in [0.15, 0.2) is 0 Å². The van der Waals surface area contributed by atoms with E-state index >= 15 is 0 Å². The van der Waals surface area contributed by atoms with Crippen LogP contribution in [0.4, 0.5) is 4.39 Å². The number of fused-ring (bicyclic) bond motifs is 1. The van der Waals surface area contributed by atoms with Crippen LogP contribution < -0.4 is 9.46 Å². The van der Waals surface area contributed by atoms with Gasteiger partial charge in [0.05, 0.1) is 18.8 Å². The standard InChI is InChI=1S/C17H15FN2O3S/c1-23-13-6-7-14-16(8-13)19-10-15(18)17(14)12-4-2-11(3-5-12)9-20-24(21)22/h2-8,10,20H,9H2,1H3,(H,21,22). The monoisotopic (exact) mass is 346 g/mol. The lowest BCUT2D eigenvalue weighted by Crippen LogP contribution is -2.15. The first-order valence-corrected chi connectivity index (χ1v) is 8.25. The summed E-state index contributed by atoms with van der Waals surface area (Å²) in [6.07, 6.45) is 1.20. The topological polar surface area (TPSA) is 71.5 Å². The summed E-state index contributed by atoms with van der Waals surface area (Å²) >= 11 is -2.06. The van der Waals surface area contributed by atoms with E-state index in [4.69, 9.17) is 9.29 Å². The first kappa shape index (κ1) is 16.5. The molecule has 0 fully saturated rings. The molecule has 24 heavy (non-hydrogen) atoms. The third-order valence-electron chi connectivity index (χ3n) is 3.67. The van der Waals surface area contributed by atoms with Gasteiger partial charge >= 0.3 is 0 Å². The fraction of sp³-hybridized carbons (Fsp3) is 0.118. The molecule has 0 saturated heterocycles. The Kier molecular flexibility index (Phi) is 4.84. The van der Waals surface area contributed by atoms with E-state index in [1.54, 1.807) is 49.6 Å². The van der Waals surface area contributed by atoms with Crippen molar-refractivity contribution in [2.24, 2.45) is 0 Å². The van der Waals surface area contributed by atoms with E-state index in [1.807, 2.05) is 0 Å². The van der Waals surface area contributed by atoms with Crippen LogP contribution in [0.25, 0.3) is 22.0 Å². The molecule has 0 radical (unpaired) electrons. The van der Waals surface area contributed by atoms with Crippen molar-refractivity contribution in [3.05, 3.63) is 60.0 Å². The number of rotatable bonds is 5. The van der Waals surface area contributed by atoms with E-state index in [2.05, 4.69) is 9.71 Å². The molecule has 3 rings (SSSR count). The Bertz CT molecular complexity index is 900. The normalized spacial score (nSPS) is 12.3. The average Bonchev–Trinajstić information content (AvgIpc) is 2.60. The SMILES string of the molecule is COc1ccc2c(-c3ccc(CNS(=O)O)cc3)c(F)cnc2c1. The molecule has 0 aliphatic carbocycles. The van der Waals surface area contributed by atoms with E-state index in [1.165, 1.54) is 6.20 Å². The summed E-state index contributed by atoms with van der Waals surface area (Å²) in [4.78, 5) is 4.12. The molecule has 0 aliphatic rings. The summed E-state index contributed by atoms with van der Waals surface area (Å²) in [6, 6.07) is 12.4. The lowest BCUT2D eigenvalue weighted by molar-refractivity contribution is 0.415. The van der Waals surface area contributed by atoms with Crippen molar-refractivity contribution in [3.8, 4) is 16.9 Å². The fourth-order valence-electron chi connectivity index (χ4n) is 2.50. The first-order valence-electron chi connectivity index (χ1n) is 7.14. The summed E-state index contributed by atoms with van der Waals surface area (Å²) in [5.41, 5.74) is 2.64. The number of aromatic nitrogens is 1. The van der Waals surface area contributed by atoms with Crippen LogP contribution in [0, 0.1) is 5.82 Å². The molecule has 7 heteroatoms. The fourth-order valence-corrected chi connectivity index (χ4v) is 2.79. The van der Waals surface area contributed by atoms with E-state index in [0.717, 1.165) is 5.56 Å². The van der Waals surface area contributed by atoms with Crippen molar-refractivity contribution in [2.75, 3.05) is 7.11 Å². The highest BCUT2D eigenvalue weighted by atomic mass is 32.2. The molecule has 0 bridgehead atoms. The zero-order valence-electron chi connectivity index (χ0n) is 12.8. The van der Waals surface area contributed by atoms with Crippen molar-refractivity contribution in [3.63, 3.8) is 0 Å². The molecular weight excluding hydrogens is 331 g/mol. The minimum absolute atomic E-state index is 0.250. The molecule has 0 amide bonds. The zero-order valence-corrected chi connectivity index (χ0v) is 13.6. The number of methoxy groups -OCH3 is 1. The lowest BCUT2D eigenvalue weighted by atomic mass is 9.99. The molecule has 1 unspecified atom stereocenters. The number of nitrogens with one attached hydrogen (secondary N) is 1. The minimum Gasteiger partial charge on any atom is -0.497 e. The largest absolute Gasteiger partial charge is 0.497 e. The van der Waals surface area contributed by atoms with Crippen LogP contribution >= 0.6 is 0 Å². The Hall–Kier alpha value is -2.35. The van der Waals surface area contributed by atoms with Gasteiger partial charge in [-0.3, -0.25) is 9.54 Å². The molecule has 0 spiro atoms. The van der Waals surface area contributed by atoms with Crippen LogP contribution in [0.5, 0.6) is 5.75 Å². The molecule has 5 nitrogen and oxygen atoms in total. The van der Waals surface area contributed by atoms with Gasteiger partial charge in [0.1, 0.15) is 11.6 Å². The molecule has 1 aromatic heterocycles. The number of ether oxygens (including phenoxy) is 1. The number of benzene rings is 2. The Balaban J connectivity index is 2.02. The highest BCUT2D eigenvalue weighted by Crippen LogP contribution is 2.32. The van der Waals surface area contributed by atoms with Crippen molar-refractivity contribution >= 4 is 22.2 Å². The maximum atomic E-state index is 14.4. The molecule has 1 heterocycles. The van der Waals surface area contributed by atoms with Gasteiger partial charge in [-0.15, -0.1) is 0 Å². The van der Waals surface area contributed by atoms with Crippen molar-refractivity contribution in [2.45, 2.75) is 6.54 Å². The summed E-state index contributed by atoms with van der Waals surface area (Å²) in [6.45, 7) is 0.250. The molecule has 0 aliphatic heterocycles. The minimum atomic E-state index is -2.06. The molecule has 0 saturated carbocycles. The van der Waals surface area contributed by atoms with E-state index in [0.29, 0.717) is 27.8 Å². The van der Waals surface area contributed by atoms with Crippen LogP contribution in [0.1, 0.15) is 5.56 Å². The highest BCUT2D eigenvalue weighted by molar-refractivity contribution is 7.77. The molecule has 3 aromatic rings. The Morgan fingerprint density at radius 3 is 2.67 bits per heavy atom. The first-order chi connectivity index (χ1) is 11.6.